The van der Waals surface area contributed by atoms with Gasteiger partial charge in [0.1, 0.15) is 17.0 Å². The van der Waals surface area contributed by atoms with Gasteiger partial charge in [0.15, 0.2) is 9.92 Å². The van der Waals surface area contributed by atoms with Gasteiger partial charge in [0.25, 0.3) is 0 Å². The van der Waals surface area contributed by atoms with E-state index in [1.54, 1.807) is 11.8 Å². The summed E-state index contributed by atoms with van der Waals surface area (Å²) in [6.45, 7) is 2.93. The molecule has 9 nitrogen and oxygen atoms in total. The van der Waals surface area contributed by atoms with E-state index in [0.29, 0.717) is 19.1 Å². The average molecular weight is 688 g/mol. The molecule has 256 valence electrons. The van der Waals surface area contributed by atoms with Crippen molar-refractivity contribution in [2.24, 2.45) is 4.36 Å². The molecular formula is C40H41N5O4S. The van der Waals surface area contributed by atoms with Crippen LogP contribution in [0.15, 0.2) is 113 Å². The summed E-state index contributed by atoms with van der Waals surface area (Å²) in [5.41, 5.74) is 6.88. The third-order valence-electron chi connectivity index (χ3n) is 10.3. The molecule has 0 saturated carbocycles. The van der Waals surface area contributed by atoms with E-state index in [0.717, 1.165) is 65.6 Å². The van der Waals surface area contributed by atoms with Gasteiger partial charge in [0.2, 0.25) is 5.88 Å². The lowest BCUT2D eigenvalue weighted by Gasteiger charge is -2.37. The topological polar surface area (TPSA) is 107 Å². The number of aromatic nitrogens is 2. The number of aryl methyl sites for hydroxylation is 2. The highest BCUT2D eigenvalue weighted by atomic mass is 32.2. The van der Waals surface area contributed by atoms with Gasteiger partial charge in [-0.05, 0) is 78.0 Å². The van der Waals surface area contributed by atoms with Crippen molar-refractivity contribution < 1.29 is 18.5 Å². The number of hydrogen-bond donors (Lipinski definition) is 2. The Morgan fingerprint density at radius 3 is 2.22 bits per heavy atom. The zero-order valence-corrected chi connectivity index (χ0v) is 29.1. The monoisotopic (exact) mass is 687 g/mol. The minimum absolute atomic E-state index is 0.0643. The third kappa shape index (κ3) is 5.52. The molecule has 1 aliphatic heterocycles. The summed E-state index contributed by atoms with van der Waals surface area (Å²) in [5.74, 6) is 0.505. The standard InChI is InChI=1S/C40H41N5O4S/c1-27-25-49-38-35(24-41-45(27)38)50(47,43-39(46)42-37-34-20-12-13-28(34)23-29-21-22-30(26-48-2)36(29)37)44-40(31-14-6-3-7-15-31,32-16-8-4-9-17-32)33-18-10-5-11-19-33/h3-11,14-19,23-24,27,30H,12-13,20-22,25-26H2,1-2H3,(H2,42,43,44,46,47)/t27-,30+,50-/m1/s1. The number of anilines is 1. The first-order valence-corrected chi connectivity index (χ1v) is 18.8. The fraction of sp³-hybridized carbons (Fsp3) is 0.300. The van der Waals surface area contributed by atoms with Crippen LogP contribution in [0.3, 0.4) is 0 Å². The predicted octanol–water partition coefficient (Wildman–Crippen LogP) is 7.56. The van der Waals surface area contributed by atoms with Crippen molar-refractivity contribution in [3.05, 3.63) is 142 Å². The number of rotatable bonds is 9. The Balaban J connectivity index is 1.33. The number of carbonyl (C=O) groups is 1. The van der Waals surface area contributed by atoms with E-state index in [1.807, 2.05) is 97.9 Å². The maximum Gasteiger partial charge on any atom is 0.354 e. The summed E-state index contributed by atoms with van der Waals surface area (Å²) in [7, 11) is -2.10. The largest absolute Gasteiger partial charge is 0.475 e. The first-order chi connectivity index (χ1) is 24.4. The molecule has 0 bridgehead atoms. The van der Waals surface area contributed by atoms with Gasteiger partial charge in [-0.1, -0.05) is 97.1 Å². The molecule has 1 aromatic heterocycles. The van der Waals surface area contributed by atoms with Crippen molar-refractivity contribution >= 4 is 21.6 Å². The summed E-state index contributed by atoms with van der Waals surface area (Å²) in [5, 5.41) is 7.76. The predicted molar refractivity (Wildman–Crippen MR) is 194 cm³/mol. The number of hydrogen-bond acceptors (Lipinski definition) is 5. The number of ether oxygens (including phenoxy) is 2. The highest BCUT2D eigenvalue weighted by molar-refractivity contribution is 7.92. The van der Waals surface area contributed by atoms with Gasteiger partial charge >= 0.3 is 6.03 Å². The van der Waals surface area contributed by atoms with Crippen molar-refractivity contribution in [3.63, 3.8) is 0 Å². The lowest BCUT2D eigenvalue weighted by molar-refractivity contribution is 0.179. The fourth-order valence-electron chi connectivity index (χ4n) is 8.05. The minimum Gasteiger partial charge on any atom is -0.475 e. The van der Waals surface area contributed by atoms with Crippen LogP contribution in [0.25, 0.3) is 0 Å². The molecule has 0 unspecified atom stereocenters. The van der Waals surface area contributed by atoms with Gasteiger partial charge in [-0.2, -0.15) is 5.10 Å². The molecule has 3 aliphatic rings. The van der Waals surface area contributed by atoms with E-state index in [4.69, 9.17) is 9.47 Å². The van der Waals surface area contributed by atoms with Crippen molar-refractivity contribution in [1.29, 1.82) is 0 Å². The Kier molecular flexibility index (Phi) is 8.54. The molecule has 0 radical (unpaired) electrons. The Bertz CT molecular complexity index is 2060. The zero-order valence-electron chi connectivity index (χ0n) is 28.3. The van der Waals surface area contributed by atoms with Crippen LogP contribution < -0.4 is 14.8 Å². The Hall–Kier alpha value is -4.77. The summed E-state index contributed by atoms with van der Waals surface area (Å²) < 4.78 is 37.6. The highest BCUT2D eigenvalue weighted by Crippen LogP contribution is 2.45. The number of nitrogens with zero attached hydrogens (tertiary/aromatic N) is 3. The molecule has 3 atom stereocenters. The molecule has 4 aromatic carbocycles. The second-order valence-electron chi connectivity index (χ2n) is 13.4. The van der Waals surface area contributed by atoms with Crippen LogP contribution in [0.5, 0.6) is 5.88 Å². The van der Waals surface area contributed by atoms with Gasteiger partial charge in [-0.3, -0.25) is 0 Å². The number of urea groups is 1. The van der Waals surface area contributed by atoms with Crippen LogP contribution in [0.4, 0.5) is 10.5 Å². The highest BCUT2D eigenvalue weighted by Gasteiger charge is 2.43. The third-order valence-corrected chi connectivity index (χ3v) is 12.2. The number of benzene rings is 4. The van der Waals surface area contributed by atoms with Gasteiger partial charge in [0, 0.05) is 18.7 Å². The lowest BCUT2D eigenvalue weighted by Crippen LogP contribution is -2.48. The Morgan fingerprint density at radius 2 is 1.60 bits per heavy atom. The molecule has 0 fully saturated rings. The van der Waals surface area contributed by atoms with Gasteiger partial charge < -0.3 is 14.8 Å². The van der Waals surface area contributed by atoms with Crippen LogP contribution in [0.1, 0.15) is 70.7 Å². The Morgan fingerprint density at radius 1 is 0.960 bits per heavy atom. The van der Waals surface area contributed by atoms with Crippen molar-refractivity contribution in [2.75, 3.05) is 25.6 Å². The summed E-state index contributed by atoms with van der Waals surface area (Å²) in [6, 6.07) is 31.2. The number of fused-ring (bicyclic) bond motifs is 3. The van der Waals surface area contributed by atoms with E-state index in [-0.39, 0.29) is 16.9 Å². The van der Waals surface area contributed by atoms with E-state index >= 15 is 4.21 Å². The summed E-state index contributed by atoms with van der Waals surface area (Å²) >= 11 is 0. The molecule has 50 heavy (non-hydrogen) atoms. The molecule has 5 aromatic rings. The van der Waals surface area contributed by atoms with Crippen LogP contribution in [0, 0.1) is 0 Å². The molecule has 2 heterocycles. The SMILES string of the molecule is COC[C@@H]1CCc2cc3c(c(NC(=O)N=[S@@](=O)(NC(c4ccccc4)(c4ccccc4)c4ccccc4)c4cnn5c4OC[C@H]5C)c21)CCC3. The molecule has 2 aliphatic carbocycles. The zero-order chi connectivity index (χ0) is 34.3. The molecule has 8 rings (SSSR count). The lowest BCUT2D eigenvalue weighted by atomic mass is 9.78. The molecule has 10 heteroatoms. The molecular weight excluding hydrogens is 647 g/mol. The van der Waals surface area contributed by atoms with Crippen molar-refractivity contribution in [2.45, 2.75) is 61.4 Å². The van der Waals surface area contributed by atoms with Gasteiger partial charge in [-0.25, -0.2) is 18.4 Å². The van der Waals surface area contributed by atoms with E-state index < -0.39 is 21.5 Å². The molecule has 0 saturated heterocycles. The van der Waals surface area contributed by atoms with Crippen molar-refractivity contribution in [3.8, 4) is 5.88 Å². The number of methoxy groups -OCH3 is 1. The smallest absolute Gasteiger partial charge is 0.354 e. The van der Waals surface area contributed by atoms with Crippen molar-refractivity contribution in [1.82, 2.24) is 14.5 Å². The van der Waals surface area contributed by atoms with Crippen LogP contribution in [0.2, 0.25) is 0 Å². The van der Waals surface area contributed by atoms with Crippen LogP contribution in [-0.4, -0.2) is 40.3 Å². The first kappa shape index (κ1) is 32.4. The molecule has 0 spiro atoms. The number of amides is 2. The first-order valence-electron chi connectivity index (χ1n) is 17.3. The van der Waals surface area contributed by atoms with E-state index in [2.05, 4.69) is 25.6 Å². The second kappa shape index (κ2) is 13.2. The Labute approximate surface area is 293 Å². The fourth-order valence-corrected chi connectivity index (χ4v) is 9.93. The quantitative estimate of drug-likeness (QED) is 0.156. The molecule has 2 amide bonds. The number of carbonyl (C=O) groups excluding carboxylic acids is 1. The summed E-state index contributed by atoms with van der Waals surface area (Å²) in [4.78, 5) is 14.7. The van der Waals surface area contributed by atoms with E-state index in [9.17, 15) is 4.79 Å². The maximum atomic E-state index is 16.0. The average Bonchev–Trinajstić information content (AvgIpc) is 3.95. The molecule has 2 N–H and O–H groups in total. The van der Waals surface area contributed by atoms with Gasteiger partial charge in [-0.15, -0.1) is 4.36 Å². The normalized spacial score (nSPS) is 18.8. The maximum absolute atomic E-state index is 16.0. The second-order valence-corrected chi connectivity index (χ2v) is 15.3. The van der Waals surface area contributed by atoms with Crippen LogP contribution >= 0.6 is 0 Å². The van der Waals surface area contributed by atoms with Crippen LogP contribution in [-0.2, 0) is 39.5 Å². The number of nitrogens with one attached hydrogen (secondary N) is 2. The minimum atomic E-state index is -3.82. The van der Waals surface area contributed by atoms with E-state index in [1.165, 1.54) is 17.3 Å². The van der Waals surface area contributed by atoms with Gasteiger partial charge in [0.05, 0.1) is 18.8 Å². The summed E-state index contributed by atoms with van der Waals surface area (Å²) in [6.07, 6.45) is 6.28.